The smallest absolute Gasteiger partial charge is 0.0633 e. The topological polar surface area (TPSA) is 3.24 Å². The summed E-state index contributed by atoms with van der Waals surface area (Å²) in [7, 11) is 0. The van der Waals surface area contributed by atoms with Gasteiger partial charge in [0, 0.05) is 36.8 Å². The van der Waals surface area contributed by atoms with Crippen LogP contribution in [0.2, 0.25) is 0 Å². The molecule has 46 heavy (non-hydrogen) atoms. The van der Waals surface area contributed by atoms with E-state index in [0.29, 0.717) is 0 Å². The molecule has 1 heterocycles. The molecule has 2 heteroatoms. The fraction of sp³-hybridized carbons (Fsp3) is 0. The number of benzene rings is 8. The molecule has 0 aliphatic rings. The van der Waals surface area contributed by atoms with Crippen LogP contribution in [0, 0.1) is 0 Å². The van der Waals surface area contributed by atoms with Crippen molar-refractivity contribution in [2.75, 3.05) is 4.90 Å². The summed E-state index contributed by atoms with van der Waals surface area (Å²) in [6.07, 6.45) is 0. The summed E-state index contributed by atoms with van der Waals surface area (Å²) in [5.41, 5.74) is 8.34. The van der Waals surface area contributed by atoms with Crippen molar-refractivity contribution in [3.8, 4) is 22.3 Å². The van der Waals surface area contributed by atoms with Gasteiger partial charge >= 0.3 is 0 Å². The zero-order valence-corrected chi connectivity index (χ0v) is 25.9. The summed E-state index contributed by atoms with van der Waals surface area (Å²) in [4.78, 5) is 2.51. The van der Waals surface area contributed by atoms with Crippen LogP contribution in [0.5, 0.6) is 0 Å². The zero-order chi connectivity index (χ0) is 30.5. The Hall–Kier alpha value is -5.70. The number of thiophene rings is 1. The number of anilines is 3. The maximum atomic E-state index is 2.51. The predicted molar refractivity (Wildman–Crippen MR) is 200 cm³/mol. The maximum absolute atomic E-state index is 2.51. The van der Waals surface area contributed by atoms with Crippen molar-refractivity contribution < 1.29 is 0 Å². The minimum absolute atomic E-state index is 1.13. The van der Waals surface area contributed by atoms with Gasteiger partial charge in [-0.2, -0.15) is 0 Å². The van der Waals surface area contributed by atoms with Gasteiger partial charge in [-0.15, -0.1) is 11.3 Å². The van der Waals surface area contributed by atoms with E-state index in [9.17, 15) is 0 Å². The van der Waals surface area contributed by atoms with Gasteiger partial charge in [0.05, 0.1) is 11.4 Å². The second kappa shape index (κ2) is 11.0. The van der Waals surface area contributed by atoms with Gasteiger partial charge < -0.3 is 4.90 Å². The summed E-state index contributed by atoms with van der Waals surface area (Å²) < 4.78 is 2.60. The van der Waals surface area contributed by atoms with E-state index in [-0.39, 0.29) is 0 Å². The quantitative estimate of drug-likeness (QED) is 0.189. The third kappa shape index (κ3) is 4.38. The summed E-state index contributed by atoms with van der Waals surface area (Å²) in [6, 6.07) is 64.0. The summed E-state index contributed by atoms with van der Waals surface area (Å²) in [6.45, 7) is 0. The van der Waals surface area contributed by atoms with Crippen LogP contribution in [0.25, 0.3) is 64.0 Å². The standard InChI is InChI=1S/C44H29NS/c1-2-13-30(14-3-1)31-25-27-34(28-26-31)45(40-23-10-8-20-38(40)37-22-12-17-32-15-4-6-18-35(32)37)44-36-19-7-5-16-33(36)29-42-43(44)39-21-9-11-24-41(39)46-42/h1-29H. The first-order valence-corrected chi connectivity index (χ1v) is 16.5. The molecule has 216 valence electrons. The molecule has 0 fully saturated rings. The number of fused-ring (bicyclic) bond motifs is 5. The minimum atomic E-state index is 1.13. The Labute approximate surface area is 272 Å². The molecule has 0 spiro atoms. The van der Waals surface area contributed by atoms with Crippen LogP contribution < -0.4 is 4.90 Å². The number of hydrogen-bond donors (Lipinski definition) is 0. The van der Waals surface area contributed by atoms with E-state index in [1.54, 1.807) is 0 Å². The first kappa shape index (κ1) is 26.7. The number of para-hydroxylation sites is 1. The average Bonchev–Trinajstić information content (AvgIpc) is 3.50. The monoisotopic (exact) mass is 603 g/mol. The van der Waals surface area contributed by atoms with Crippen molar-refractivity contribution in [1.82, 2.24) is 0 Å². The molecule has 0 atom stereocenters. The molecule has 0 amide bonds. The fourth-order valence-corrected chi connectivity index (χ4v) is 8.09. The normalized spacial score (nSPS) is 11.5. The third-order valence-corrected chi connectivity index (χ3v) is 10.2. The van der Waals surface area contributed by atoms with E-state index in [0.717, 1.165) is 11.4 Å². The van der Waals surface area contributed by atoms with Crippen molar-refractivity contribution in [2.45, 2.75) is 0 Å². The van der Waals surface area contributed by atoms with Crippen LogP contribution in [-0.2, 0) is 0 Å². The highest BCUT2D eigenvalue weighted by atomic mass is 32.1. The Balaban J connectivity index is 1.39. The van der Waals surface area contributed by atoms with Crippen LogP contribution in [0.4, 0.5) is 17.1 Å². The first-order chi connectivity index (χ1) is 22.8. The van der Waals surface area contributed by atoms with Gasteiger partial charge in [-0.05, 0) is 63.2 Å². The number of hydrogen-bond acceptors (Lipinski definition) is 2. The molecule has 0 saturated heterocycles. The van der Waals surface area contributed by atoms with Gasteiger partial charge in [-0.3, -0.25) is 0 Å². The molecule has 0 bridgehead atoms. The van der Waals surface area contributed by atoms with Crippen LogP contribution >= 0.6 is 11.3 Å². The highest BCUT2D eigenvalue weighted by molar-refractivity contribution is 7.26. The maximum Gasteiger partial charge on any atom is 0.0633 e. The molecule has 0 aliphatic heterocycles. The number of rotatable bonds is 5. The predicted octanol–water partition coefficient (Wildman–Crippen LogP) is 13.2. The van der Waals surface area contributed by atoms with Crippen LogP contribution in [0.1, 0.15) is 0 Å². The van der Waals surface area contributed by atoms with Crippen molar-refractivity contribution in [2.24, 2.45) is 0 Å². The second-order valence-corrected chi connectivity index (χ2v) is 12.8. The molecule has 8 aromatic carbocycles. The molecule has 0 saturated carbocycles. The molecular formula is C44H29NS. The Morgan fingerprint density at radius 1 is 0.391 bits per heavy atom. The van der Waals surface area contributed by atoms with E-state index < -0.39 is 0 Å². The highest BCUT2D eigenvalue weighted by Crippen LogP contribution is 2.51. The molecule has 9 aromatic rings. The molecule has 0 radical (unpaired) electrons. The highest BCUT2D eigenvalue weighted by Gasteiger charge is 2.24. The molecule has 0 unspecified atom stereocenters. The average molecular weight is 604 g/mol. The molecule has 0 aliphatic carbocycles. The van der Waals surface area contributed by atoms with Crippen molar-refractivity contribution in [1.29, 1.82) is 0 Å². The van der Waals surface area contributed by atoms with Crippen LogP contribution in [-0.4, -0.2) is 0 Å². The van der Waals surface area contributed by atoms with E-state index in [4.69, 9.17) is 0 Å². The summed E-state index contributed by atoms with van der Waals surface area (Å²) in [5, 5.41) is 7.55. The van der Waals surface area contributed by atoms with E-state index in [2.05, 4.69) is 181 Å². The molecule has 1 aromatic heterocycles. The lowest BCUT2D eigenvalue weighted by Crippen LogP contribution is -2.12. The lowest BCUT2D eigenvalue weighted by atomic mass is 9.95. The minimum Gasteiger partial charge on any atom is -0.309 e. The lowest BCUT2D eigenvalue weighted by molar-refractivity contribution is 1.31. The molecule has 1 nitrogen and oxygen atoms in total. The largest absolute Gasteiger partial charge is 0.309 e. The lowest BCUT2D eigenvalue weighted by Gasteiger charge is -2.30. The Morgan fingerprint density at radius 2 is 1.00 bits per heavy atom. The Bertz CT molecular complexity index is 2520. The van der Waals surface area contributed by atoms with Gasteiger partial charge in [-0.1, -0.05) is 146 Å². The van der Waals surface area contributed by atoms with E-state index >= 15 is 0 Å². The van der Waals surface area contributed by atoms with Crippen molar-refractivity contribution >= 4 is 70.1 Å². The number of nitrogens with zero attached hydrogens (tertiary/aromatic N) is 1. The zero-order valence-electron chi connectivity index (χ0n) is 25.1. The Kier molecular flexibility index (Phi) is 6.40. The SMILES string of the molecule is c1ccc(-c2ccc(N(c3ccccc3-c3cccc4ccccc34)c3c4ccccc4cc4sc5ccccc5c34)cc2)cc1. The van der Waals surface area contributed by atoms with Crippen molar-refractivity contribution in [3.05, 3.63) is 176 Å². The van der Waals surface area contributed by atoms with Gasteiger partial charge in [0.25, 0.3) is 0 Å². The van der Waals surface area contributed by atoms with Gasteiger partial charge in [-0.25, -0.2) is 0 Å². The Morgan fingerprint density at radius 3 is 1.85 bits per heavy atom. The van der Waals surface area contributed by atoms with Gasteiger partial charge in [0.15, 0.2) is 0 Å². The van der Waals surface area contributed by atoms with E-state index in [1.807, 2.05) is 11.3 Å². The third-order valence-electron chi connectivity index (χ3n) is 9.04. The summed E-state index contributed by atoms with van der Waals surface area (Å²) >= 11 is 1.87. The molecular weight excluding hydrogens is 575 g/mol. The van der Waals surface area contributed by atoms with Crippen molar-refractivity contribution in [3.63, 3.8) is 0 Å². The van der Waals surface area contributed by atoms with Crippen LogP contribution in [0.15, 0.2) is 176 Å². The second-order valence-electron chi connectivity index (χ2n) is 11.7. The van der Waals surface area contributed by atoms with E-state index in [1.165, 1.54) is 69.7 Å². The summed E-state index contributed by atoms with van der Waals surface area (Å²) in [5.74, 6) is 0. The van der Waals surface area contributed by atoms with Gasteiger partial charge in [0.2, 0.25) is 0 Å². The first-order valence-electron chi connectivity index (χ1n) is 15.7. The fourth-order valence-electron chi connectivity index (χ4n) is 6.94. The molecule has 9 rings (SSSR count). The van der Waals surface area contributed by atoms with Gasteiger partial charge in [0.1, 0.15) is 0 Å². The van der Waals surface area contributed by atoms with Crippen LogP contribution in [0.3, 0.4) is 0 Å². The molecule has 0 N–H and O–H groups in total.